The number of nitrogens with zero attached hydrogens (tertiary/aromatic N) is 1. The maximum absolute atomic E-state index is 4.08. The van der Waals surface area contributed by atoms with Crippen LogP contribution in [0.5, 0.6) is 0 Å². The lowest BCUT2D eigenvalue weighted by Crippen LogP contribution is -2.08. The number of hydrogen-bond acceptors (Lipinski definition) is 1. The number of hydrogen-bond donors (Lipinski definition) is 0. The summed E-state index contributed by atoms with van der Waals surface area (Å²) in [6.07, 6.45) is 3.74. The van der Waals surface area contributed by atoms with Gasteiger partial charge < -0.3 is 0 Å². The van der Waals surface area contributed by atoms with Gasteiger partial charge in [0.1, 0.15) is 0 Å². The van der Waals surface area contributed by atoms with Gasteiger partial charge in [-0.1, -0.05) is 44.2 Å². The Morgan fingerprint density at radius 1 is 0.812 bits per heavy atom. The Kier molecular flexibility index (Phi) is 3.35. The van der Waals surface area contributed by atoms with Crippen LogP contribution in [0.4, 0.5) is 0 Å². The van der Waals surface area contributed by atoms with Crippen molar-refractivity contribution in [3.05, 3.63) is 66.0 Å². The fraction of sp³-hybridized carbons (Fsp3) is 0.267. The molecular weight excluding hydrogens is 194 g/mol. The normalized spacial score (nSPS) is 12.7. The van der Waals surface area contributed by atoms with Crippen LogP contribution in [0, 0.1) is 5.92 Å². The van der Waals surface area contributed by atoms with Gasteiger partial charge in [0.25, 0.3) is 0 Å². The van der Waals surface area contributed by atoms with Crippen molar-refractivity contribution in [3.63, 3.8) is 0 Å². The predicted molar refractivity (Wildman–Crippen MR) is 67.4 cm³/mol. The minimum atomic E-state index is 0.462. The summed E-state index contributed by atoms with van der Waals surface area (Å²) in [4.78, 5) is 4.08. The van der Waals surface area contributed by atoms with E-state index in [1.807, 2.05) is 12.4 Å². The van der Waals surface area contributed by atoms with Crippen molar-refractivity contribution in [2.75, 3.05) is 0 Å². The first-order valence-electron chi connectivity index (χ1n) is 5.74. The topological polar surface area (TPSA) is 12.9 Å². The first-order chi connectivity index (χ1) is 7.79. The smallest absolute Gasteiger partial charge is 0.0270 e. The highest BCUT2D eigenvalue weighted by Crippen LogP contribution is 2.30. The third kappa shape index (κ3) is 2.30. The van der Waals surface area contributed by atoms with Gasteiger partial charge in [-0.25, -0.2) is 0 Å². The highest BCUT2D eigenvalue weighted by Gasteiger charge is 2.17. The summed E-state index contributed by atoms with van der Waals surface area (Å²) in [5.41, 5.74) is 2.72. The van der Waals surface area contributed by atoms with E-state index in [0.29, 0.717) is 11.8 Å². The molecule has 0 spiro atoms. The van der Waals surface area contributed by atoms with E-state index >= 15 is 0 Å². The molecule has 0 aliphatic heterocycles. The monoisotopic (exact) mass is 211 g/mol. The Hall–Kier alpha value is -1.63. The minimum absolute atomic E-state index is 0.462. The van der Waals surface area contributed by atoms with Crippen molar-refractivity contribution in [3.8, 4) is 0 Å². The van der Waals surface area contributed by atoms with Crippen LogP contribution in [0.15, 0.2) is 54.9 Å². The van der Waals surface area contributed by atoms with Gasteiger partial charge in [0, 0.05) is 18.3 Å². The zero-order chi connectivity index (χ0) is 11.4. The van der Waals surface area contributed by atoms with Crippen LogP contribution in [0.2, 0.25) is 0 Å². The van der Waals surface area contributed by atoms with Crippen molar-refractivity contribution in [2.24, 2.45) is 5.92 Å². The molecule has 1 heterocycles. The number of pyridine rings is 1. The standard InChI is InChI=1S/C15H17N/c1-12(2)15(13-6-4-3-5-7-13)14-8-10-16-11-9-14/h3-12,15H,1-2H3. The second kappa shape index (κ2) is 4.93. The Balaban J connectivity index is 2.40. The molecule has 1 nitrogen and oxygen atoms in total. The maximum atomic E-state index is 4.08. The number of aromatic nitrogens is 1. The third-order valence-corrected chi connectivity index (χ3v) is 2.89. The summed E-state index contributed by atoms with van der Waals surface area (Å²) >= 11 is 0. The second-order valence-electron chi connectivity index (χ2n) is 4.41. The van der Waals surface area contributed by atoms with Crippen LogP contribution < -0.4 is 0 Å². The number of benzene rings is 1. The van der Waals surface area contributed by atoms with Crippen LogP contribution in [-0.2, 0) is 0 Å². The van der Waals surface area contributed by atoms with Crippen molar-refractivity contribution in [1.29, 1.82) is 0 Å². The van der Waals surface area contributed by atoms with Crippen molar-refractivity contribution in [2.45, 2.75) is 19.8 Å². The van der Waals surface area contributed by atoms with E-state index in [1.165, 1.54) is 11.1 Å². The molecule has 0 fully saturated rings. The molecule has 1 aromatic heterocycles. The molecule has 0 saturated carbocycles. The lowest BCUT2D eigenvalue weighted by Gasteiger charge is -2.21. The molecule has 0 radical (unpaired) electrons. The molecule has 2 rings (SSSR count). The summed E-state index contributed by atoms with van der Waals surface area (Å²) in [5, 5.41) is 0. The highest BCUT2D eigenvalue weighted by atomic mass is 14.6. The molecule has 1 heteroatoms. The molecule has 0 saturated heterocycles. The quantitative estimate of drug-likeness (QED) is 0.751. The Labute approximate surface area is 97.2 Å². The van der Waals surface area contributed by atoms with E-state index in [0.717, 1.165) is 0 Å². The summed E-state index contributed by atoms with van der Waals surface area (Å²) in [5.74, 6) is 1.05. The van der Waals surface area contributed by atoms with Gasteiger partial charge in [-0.2, -0.15) is 0 Å². The average Bonchev–Trinajstić information content (AvgIpc) is 2.31. The van der Waals surface area contributed by atoms with Crippen molar-refractivity contribution in [1.82, 2.24) is 4.98 Å². The van der Waals surface area contributed by atoms with E-state index in [9.17, 15) is 0 Å². The fourth-order valence-electron chi connectivity index (χ4n) is 2.19. The van der Waals surface area contributed by atoms with Gasteiger partial charge in [-0.05, 0) is 29.2 Å². The molecule has 2 aromatic rings. The molecule has 1 atom stereocenters. The van der Waals surface area contributed by atoms with E-state index in [4.69, 9.17) is 0 Å². The van der Waals surface area contributed by atoms with E-state index < -0.39 is 0 Å². The van der Waals surface area contributed by atoms with E-state index in [-0.39, 0.29) is 0 Å². The summed E-state index contributed by atoms with van der Waals surface area (Å²) in [6, 6.07) is 14.9. The first kappa shape index (κ1) is 10.9. The van der Waals surface area contributed by atoms with Gasteiger partial charge >= 0.3 is 0 Å². The lowest BCUT2D eigenvalue weighted by molar-refractivity contribution is 0.563. The molecular formula is C15H17N. The molecule has 1 aromatic carbocycles. The highest BCUT2D eigenvalue weighted by molar-refractivity contribution is 5.31. The van der Waals surface area contributed by atoms with Crippen molar-refractivity contribution < 1.29 is 0 Å². The summed E-state index contributed by atoms with van der Waals surface area (Å²) < 4.78 is 0. The van der Waals surface area contributed by atoms with Gasteiger partial charge in [-0.15, -0.1) is 0 Å². The predicted octanol–water partition coefficient (Wildman–Crippen LogP) is 3.87. The summed E-state index contributed by atoms with van der Waals surface area (Å²) in [7, 11) is 0. The molecule has 1 unspecified atom stereocenters. The zero-order valence-electron chi connectivity index (χ0n) is 9.80. The fourth-order valence-corrected chi connectivity index (χ4v) is 2.19. The van der Waals surface area contributed by atoms with E-state index in [1.54, 1.807) is 0 Å². The van der Waals surface area contributed by atoms with Crippen LogP contribution in [0.3, 0.4) is 0 Å². The van der Waals surface area contributed by atoms with Crippen LogP contribution in [0.25, 0.3) is 0 Å². The molecule has 0 bridgehead atoms. The molecule has 0 aliphatic rings. The summed E-state index contributed by atoms with van der Waals surface area (Å²) in [6.45, 7) is 4.52. The maximum Gasteiger partial charge on any atom is 0.0270 e. The molecule has 0 aliphatic carbocycles. The molecule has 0 amide bonds. The minimum Gasteiger partial charge on any atom is -0.265 e. The Bertz CT molecular complexity index is 380. The van der Waals surface area contributed by atoms with Gasteiger partial charge in [0.05, 0.1) is 0 Å². The van der Waals surface area contributed by atoms with Crippen LogP contribution >= 0.6 is 0 Å². The zero-order valence-corrected chi connectivity index (χ0v) is 9.80. The third-order valence-electron chi connectivity index (χ3n) is 2.89. The SMILES string of the molecule is CC(C)C(c1ccccc1)c1ccncc1. The molecule has 16 heavy (non-hydrogen) atoms. The first-order valence-corrected chi connectivity index (χ1v) is 5.74. The van der Waals surface area contributed by atoms with Gasteiger partial charge in [0.15, 0.2) is 0 Å². The Morgan fingerprint density at radius 2 is 1.38 bits per heavy atom. The Morgan fingerprint density at radius 3 is 1.94 bits per heavy atom. The van der Waals surface area contributed by atoms with E-state index in [2.05, 4.69) is 61.3 Å². The average molecular weight is 211 g/mol. The largest absolute Gasteiger partial charge is 0.265 e. The molecule has 82 valence electrons. The van der Waals surface area contributed by atoms with Gasteiger partial charge in [0.2, 0.25) is 0 Å². The van der Waals surface area contributed by atoms with Crippen LogP contribution in [0.1, 0.15) is 30.9 Å². The number of rotatable bonds is 3. The van der Waals surface area contributed by atoms with Crippen LogP contribution in [-0.4, -0.2) is 4.98 Å². The second-order valence-corrected chi connectivity index (χ2v) is 4.41. The molecule has 0 N–H and O–H groups in total. The van der Waals surface area contributed by atoms with Gasteiger partial charge in [-0.3, -0.25) is 4.98 Å². The van der Waals surface area contributed by atoms with Crippen molar-refractivity contribution >= 4 is 0 Å². The lowest BCUT2D eigenvalue weighted by atomic mass is 9.83.